The molecular weight excluding hydrogens is 302 g/mol. The second-order valence-corrected chi connectivity index (χ2v) is 4.59. The lowest BCUT2D eigenvalue weighted by atomic mass is 10.1. The van der Waals surface area contributed by atoms with E-state index in [1.807, 2.05) is 0 Å². The fourth-order valence-corrected chi connectivity index (χ4v) is 1.54. The third-order valence-electron chi connectivity index (χ3n) is 2.47. The SMILES string of the molecule is N[C@@H](CCC(=O)N[C@H](CS)C(=O)NCCC(=O)O)C(=O)O. The number of nitrogens with one attached hydrogen (secondary N) is 2. The molecule has 0 aromatic heterocycles. The molecule has 2 atom stereocenters. The highest BCUT2D eigenvalue weighted by atomic mass is 32.1. The van der Waals surface area contributed by atoms with E-state index in [-0.39, 0.29) is 31.6 Å². The van der Waals surface area contributed by atoms with Gasteiger partial charge < -0.3 is 26.6 Å². The van der Waals surface area contributed by atoms with Crippen molar-refractivity contribution in [3.63, 3.8) is 0 Å². The molecule has 120 valence electrons. The van der Waals surface area contributed by atoms with Crippen molar-refractivity contribution in [2.24, 2.45) is 5.73 Å². The Morgan fingerprint density at radius 2 is 1.76 bits per heavy atom. The summed E-state index contributed by atoms with van der Waals surface area (Å²) in [7, 11) is 0. The van der Waals surface area contributed by atoms with Gasteiger partial charge in [-0.25, -0.2) is 0 Å². The summed E-state index contributed by atoms with van der Waals surface area (Å²) in [6.07, 6.45) is -0.423. The number of carbonyl (C=O) groups excluding carboxylic acids is 2. The van der Waals surface area contributed by atoms with Crippen molar-refractivity contribution in [1.29, 1.82) is 0 Å². The van der Waals surface area contributed by atoms with Crippen LogP contribution in [0.25, 0.3) is 0 Å². The van der Waals surface area contributed by atoms with Gasteiger partial charge in [-0.1, -0.05) is 0 Å². The second kappa shape index (κ2) is 10.00. The van der Waals surface area contributed by atoms with E-state index >= 15 is 0 Å². The summed E-state index contributed by atoms with van der Waals surface area (Å²) >= 11 is 3.92. The standard InChI is InChI=1S/C11H19N3O6S/c12-6(11(19)20)1-2-8(15)14-7(5-21)10(18)13-4-3-9(16)17/h6-7,21H,1-5,12H2,(H,13,18)(H,14,15)(H,16,17)(H,19,20)/t6-,7+/m0/s1. The van der Waals surface area contributed by atoms with E-state index in [2.05, 4.69) is 23.3 Å². The molecule has 0 aromatic rings. The van der Waals surface area contributed by atoms with Gasteiger partial charge in [-0.15, -0.1) is 0 Å². The van der Waals surface area contributed by atoms with Gasteiger partial charge in [0.25, 0.3) is 0 Å². The molecule has 0 fully saturated rings. The van der Waals surface area contributed by atoms with E-state index in [9.17, 15) is 19.2 Å². The third kappa shape index (κ3) is 8.87. The van der Waals surface area contributed by atoms with Gasteiger partial charge in [-0.2, -0.15) is 12.6 Å². The molecular formula is C11H19N3O6S. The van der Waals surface area contributed by atoms with Crippen molar-refractivity contribution < 1.29 is 29.4 Å². The number of carboxylic acid groups (broad SMARTS) is 2. The van der Waals surface area contributed by atoms with Crippen LogP contribution in [0, 0.1) is 0 Å². The number of aliphatic carboxylic acids is 2. The number of hydrogen-bond acceptors (Lipinski definition) is 6. The summed E-state index contributed by atoms with van der Waals surface area (Å²) in [4.78, 5) is 44.0. The van der Waals surface area contributed by atoms with Gasteiger partial charge >= 0.3 is 11.9 Å². The van der Waals surface area contributed by atoms with Gasteiger partial charge in [-0.05, 0) is 6.42 Å². The van der Waals surface area contributed by atoms with Gasteiger partial charge in [0.05, 0.1) is 6.42 Å². The molecule has 9 nitrogen and oxygen atoms in total. The minimum atomic E-state index is -1.21. The van der Waals surface area contributed by atoms with Crippen molar-refractivity contribution in [3.05, 3.63) is 0 Å². The minimum Gasteiger partial charge on any atom is -0.481 e. The highest BCUT2D eigenvalue weighted by molar-refractivity contribution is 7.80. The van der Waals surface area contributed by atoms with Gasteiger partial charge in [0.1, 0.15) is 12.1 Å². The van der Waals surface area contributed by atoms with Crippen molar-refractivity contribution in [2.45, 2.75) is 31.3 Å². The third-order valence-corrected chi connectivity index (χ3v) is 2.84. The predicted molar refractivity (Wildman–Crippen MR) is 75.9 cm³/mol. The molecule has 21 heavy (non-hydrogen) atoms. The number of carboxylic acids is 2. The number of nitrogens with two attached hydrogens (primary N) is 1. The van der Waals surface area contributed by atoms with E-state index < -0.39 is 35.8 Å². The predicted octanol–water partition coefficient (Wildman–Crippen LogP) is -1.82. The Bertz CT molecular complexity index is 403. The number of thiol groups is 1. The number of rotatable bonds is 10. The molecule has 0 radical (unpaired) electrons. The molecule has 0 aliphatic rings. The van der Waals surface area contributed by atoms with Crippen LogP contribution in [-0.4, -0.2) is 58.3 Å². The van der Waals surface area contributed by atoms with E-state index in [0.29, 0.717) is 0 Å². The Labute approximate surface area is 126 Å². The summed E-state index contributed by atoms with van der Waals surface area (Å²) in [5.74, 6) is -3.32. The largest absolute Gasteiger partial charge is 0.481 e. The summed E-state index contributed by atoms with van der Waals surface area (Å²) in [5.41, 5.74) is 5.25. The van der Waals surface area contributed by atoms with E-state index in [1.54, 1.807) is 0 Å². The summed E-state index contributed by atoms with van der Waals surface area (Å²) < 4.78 is 0. The molecule has 0 rings (SSSR count). The topological polar surface area (TPSA) is 159 Å². The van der Waals surface area contributed by atoms with E-state index in [0.717, 1.165) is 0 Å². The molecule has 0 aliphatic heterocycles. The molecule has 0 saturated carbocycles. The molecule has 0 heterocycles. The number of hydrogen-bond donors (Lipinski definition) is 6. The molecule has 2 amide bonds. The Balaban J connectivity index is 4.17. The Kier molecular flexibility index (Phi) is 9.13. The minimum absolute atomic E-state index is 0.0234. The maximum atomic E-state index is 11.7. The Hall–Kier alpha value is -1.81. The van der Waals surface area contributed by atoms with Crippen LogP contribution in [0.3, 0.4) is 0 Å². The highest BCUT2D eigenvalue weighted by Gasteiger charge is 2.20. The summed E-state index contributed by atoms with van der Waals surface area (Å²) in [6.45, 7) is -0.0573. The smallest absolute Gasteiger partial charge is 0.320 e. The first-order chi connectivity index (χ1) is 9.77. The second-order valence-electron chi connectivity index (χ2n) is 4.22. The van der Waals surface area contributed by atoms with Crippen molar-refractivity contribution in [1.82, 2.24) is 10.6 Å². The van der Waals surface area contributed by atoms with Crippen LogP contribution in [0.4, 0.5) is 0 Å². The van der Waals surface area contributed by atoms with Gasteiger partial charge in [0, 0.05) is 18.7 Å². The summed E-state index contributed by atoms with van der Waals surface area (Å²) in [6, 6.07) is -2.06. The fourth-order valence-electron chi connectivity index (χ4n) is 1.29. The lowest BCUT2D eigenvalue weighted by molar-refractivity contribution is -0.139. The van der Waals surface area contributed by atoms with Crippen LogP contribution in [0.1, 0.15) is 19.3 Å². The van der Waals surface area contributed by atoms with Crippen LogP contribution in [0.15, 0.2) is 0 Å². The molecule has 0 saturated heterocycles. The zero-order valence-corrected chi connectivity index (χ0v) is 12.1. The van der Waals surface area contributed by atoms with Crippen molar-refractivity contribution >= 4 is 36.4 Å². The molecule has 0 aromatic carbocycles. The number of carbonyl (C=O) groups is 4. The van der Waals surface area contributed by atoms with Crippen LogP contribution in [0.5, 0.6) is 0 Å². The molecule has 0 aliphatic carbocycles. The monoisotopic (exact) mass is 321 g/mol. The molecule has 0 unspecified atom stereocenters. The zero-order valence-electron chi connectivity index (χ0n) is 11.2. The first-order valence-corrected chi connectivity index (χ1v) is 6.79. The maximum absolute atomic E-state index is 11.7. The molecule has 0 bridgehead atoms. The van der Waals surface area contributed by atoms with Gasteiger partial charge in [0.15, 0.2) is 0 Å². The average Bonchev–Trinajstić information content (AvgIpc) is 2.41. The Morgan fingerprint density at radius 1 is 1.14 bits per heavy atom. The van der Waals surface area contributed by atoms with E-state index in [1.165, 1.54) is 0 Å². The average molecular weight is 321 g/mol. The first kappa shape index (κ1) is 19.2. The van der Waals surface area contributed by atoms with Crippen LogP contribution < -0.4 is 16.4 Å². The van der Waals surface area contributed by atoms with Crippen LogP contribution in [-0.2, 0) is 19.2 Å². The molecule has 10 heteroatoms. The fraction of sp³-hybridized carbons (Fsp3) is 0.636. The highest BCUT2D eigenvalue weighted by Crippen LogP contribution is 1.97. The van der Waals surface area contributed by atoms with E-state index in [4.69, 9.17) is 15.9 Å². The Morgan fingerprint density at radius 3 is 2.24 bits per heavy atom. The maximum Gasteiger partial charge on any atom is 0.320 e. The lowest BCUT2D eigenvalue weighted by Crippen LogP contribution is -2.48. The van der Waals surface area contributed by atoms with Gasteiger partial charge in [0.2, 0.25) is 11.8 Å². The quantitative estimate of drug-likeness (QED) is 0.258. The first-order valence-electron chi connectivity index (χ1n) is 6.16. The van der Waals surface area contributed by atoms with Crippen LogP contribution in [0.2, 0.25) is 0 Å². The normalized spacial score (nSPS) is 13.0. The zero-order chi connectivity index (χ0) is 16.4. The molecule has 6 N–H and O–H groups in total. The van der Waals surface area contributed by atoms with Crippen LogP contribution >= 0.6 is 12.6 Å². The van der Waals surface area contributed by atoms with Crippen molar-refractivity contribution in [3.8, 4) is 0 Å². The number of amides is 2. The lowest BCUT2D eigenvalue weighted by Gasteiger charge is -2.16. The van der Waals surface area contributed by atoms with Gasteiger partial charge in [-0.3, -0.25) is 19.2 Å². The van der Waals surface area contributed by atoms with Crippen molar-refractivity contribution in [2.75, 3.05) is 12.3 Å². The molecule has 0 spiro atoms. The summed E-state index contributed by atoms with van der Waals surface area (Å²) in [5, 5.41) is 21.7.